The molecule has 0 saturated carbocycles. The molecule has 15 heavy (non-hydrogen) atoms. The Hall–Kier alpha value is -1.42. The number of benzene rings is 1. The van der Waals surface area contributed by atoms with Gasteiger partial charge in [0.25, 0.3) is 5.69 Å². The van der Waals surface area contributed by atoms with Crippen LogP contribution in [0.2, 0.25) is 0 Å². The number of epoxide rings is 1. The molecule has 0 bridgehead atoms. The fraction of sp³-hybridized carbons (Fsp3) is 0.455. The van der Waals surface area contributed by atoms with E-state index >= 15 is 0 Å². The Kier molecular flexibility index (Phi) is 2.68. The van der Waals surface area contributed by atoms with E-state index in [1.54, 1.807) is 12.1 Å². The largest absolute Gasteiger partial charge is 0.365 e. The number of ether oxygens (including phenoxy) is 1. The minimum atomic E-state index is -0.388. The number of nitro benzene ring substituents is 1. The molecule has 1 saturated heterocycles. The molecule has 2 atom stereocenters. The molecule has 1 heterocycles. The summed E-state index contributed by atoms with van der Waals surface area (Å²) in [5.74, 6) is 0. The molecule has 1 aromatic carbocycles. The van der Waals surface area contributed by atoms with Crippen LogP contribution in [0.4, 0.5) is 5.69 Å². The fourth-order valence-electron chi connectivity index (χ4n) is 1.73. The van der Waals surface area contributed by atoms with Crippen LogP contribution in [0.5, 0.6) is 0 Å². The quantitative estimate of drug-likeness (QED) is 0.433. The van der Waals surface area contributed by atoms with Gasteiger partial charge in [0.2, 0.25) is 0 Å². The molecule has 1 aromatic rings. The average molecular weight is 207 g/mol. The highest BCUT2D eigenvalue weighted by Gasteiger charge is 2.38. The van der Waals surface area contributed by atoms with Crippen molar-refractivity contribution in [3.05, 3.63) is 39.9 Å². The third kappa shape index (κ3) is 2.15. The van der Waals surface area contributed by atoms with Crippen molar-refractivity contribution < 1.29 is 9.66 Å². The lowest BCUT2D eigenvalue weighted by Crippen LogP contribution is -1.90. The van der Waals surface area contributed by atoms with E-state index in [1.807, 2.05) is 0 Å². The zero-order chi connectivity index (χ0) is 10.8. The molecule has 1 aliphatic rings. The molecular formula is C11H13NO3. The third-order valence-corrected chi connectivity index (χ3v) is 2.59. The molecular weight excluding hydrogens is 194 g/mol. The van der Waals surface area contributed by atoms with E-state index in [9.17, 15) is 10.1 Å². The molecule has 80 valence electrons. The van der Waals surface area contributed by atoms with Crippen LogP contribution in [0, 0.1) is 10.1 Å². The van der Waals surface area contributed by atoms with Gasteiger partial charge in [-0.3, -0.25) is 10.1 Å². The highest BCUT2D eigenvalue weighted by atomic mass is 16.6. The predicted octanol–water partition coefficient (Wildman–Crippen LogP) is 2.83. The van der Waals surface area contributed by atoms with E-state index in [0.29, 0.717) is 6.10 Å². The van der Waals surface area contributed by atoms with Crippen molar-refractivity contribution >= 4 is 5.69 Å². The van der Waals surface area contributed by atoms with Crippen LogP contribution < -0.4 is 0 Å². The summed E-state index contributed by atoms with van der Waals surface area (Å²) in [4.78, 5) is 10.1. The maximum Gasteiger partial charge on any atom is 0.269 e. The number of nitro groups is 1. The van der Waals surface area contributed by atoms with Crippen molar-refractivity contribution in [3.8, 4) is 0 Å². The van der Waals surface area contributed by atoms with Crippen molar-refractivity contribution in [1.82, 2.24) is 0 Å². The number of rotatable bonds is 4. The Labute approximate surface area is 88.0 Å². The zero-order valence-electron chi connectivity index (χ0n) is 8.55. The molecule has 0 N–H and O–H groups in total. The van der Waals surface area contributed by atoms with Crippen LogP contribution in [0.1, 0.15) is 31.4 Å². The van der Waals surface area contributed by atoms with Crippen LogP contribution in [-0.2, 0) is 4.74 Å². The Morgan fingerprint density at radius 1 is 1.40 bits per heavy atom. The van der Waals surface area contributed by atoms with Gasteiger partial charge in [-0.1, -0.05) is 13.3 Å². The van der Waals surface area contributed by atoms with Gasteiger partial charge in [-0.25, -0.2) is 0 Å². The maximum atomic E-state index is 10.4. The smallest absolute Gasteiger partial charge is 0.269 e. The lowest BCUT2D eigenvalue weighted by Gasteiger charge is -1.95. The molecule has 2 rings (SSSR count). The van der Waals surface area contributed by atoms with Gasteiger partial charge in [0.1, 0.15) is 6.10 Å². The van der Waals surface area contributed by atoms with Crippen LogP contribution in [0.25, 0.3) is 0 Å². The average Bonchev–Trinajstić information content (AvgIpc) is 2.98. The summed E-state index contributed by atoms with van der Waals surface area (Å²) in [5, 5.41) is 10.4. The Morgan fingerprint density at radius 2 is 2.07 bits per heavy atom. The number of hydrogen-bond acceptors (Lipinski definition) is 3. The molecule has 0 amide bonds. The monoisotopic (exact) mass is 207 g/mol. The fourth-order valence-corrected chi connectivity index (χ4v) is 1.73. The summed E-state index contributed by atoms with van der Waals surface area (Å²) < 4.78 is 5.47. The van der Waals surface area contributed by atoms with E-state index in [-0.39, 0.29) is 16.7 Å². The first-order valence-electron chi connectivity index (χ1n) is 5.12. The molecule has 1 aliphatic heterocycles. The molecule has 0 unspecified atom stereocenters. The number of hydrogen-bond donors (Lipinski definition) is 0. The summed E-state index contributed by atoms with van der Waals surface area (Å²) in [6, 6.07) is 6.61. The van der Waals surface area contributed by atoms with Gasteiger partial charge < -0.3 is 4.74 Å². The zero-order valence-corrected chi connectivity index (χ0v) is 8.55. The maximum absolute atomic E-state index is 10.4. The topological polar surface area (TPSA) is 55.7 Å². The predicted molar refractivity (Wildman–Crippen MR) is 55.6 cm³/mol. The highest BCUT2D eigenvalue weighted by Crippen LogP contribution is 2.41. The summed E-state index contributed by atoms with van der Waals surface area (Å²) in [7, 11) is 0. The normalized spacial score (nSPS) is 23.8. The minimum absolute atomic E-state index is 0.131. The van der Waals surface area contributed by atoms with E-state index in [4.69, 9.17) is 4.74 Å². The molecule has 1 fully saturated rings. The molecule has 0 aliphatic carbocycles. The Bertz CT molecular complexity index is 361. The highest BCUT2D eigenvalue weighted by molar-refractivity contribution is 5.35. The van der Waals surface area contributed by atoms with Crippen molar-refractivity contribution in [2.24, 2.45) is 0 Å². The van der Waals surface area contributed by atoms with E-state index in [2.05, 4.69) is 6.92 Å². The van der Waals surface area contributed by atoms with Gasteiger partial charge in [0.05, 0.1) is 11.0 Å². The first kappa shape index (κ1) is 10.1. The lowest BCUT2D eigenvalue weighted by atomic mass is 10.1. The number of nitrogens with zero attached hydrogens (tertiary/aromatic N) is 1. The summed E-state index contributed by atoms with van der Waals surface area (Å²) in [6.45, 7) is 2.12. The first-order valence-corrected chi connectivity index (χ1v) is 5.12. The van der Waals surface area contributed by atoms with Gasteiger partial charge >= 0.3 is 0 Å². The molecule has 4 heteroatoms. The standard InChI is InChI=1S/C11H13NO3/c1-2-3-10-11(15-10)8-4-6-9(7-5-8)12(13)14/h4-7,10-11H,2-3H2,1H3/t10-,11+/m1/s1. The Morgan fingerprint density at radius 3 is 2.60 bits per heavy atom. The van der Waals surface area contributed by atoms with Gasteiger partial charge in [-0.2, -0.15) is 0 Å². The van der Waals surface area contributed by atoms with E-state index in [1.165, 1.54) is 12.1 Å². The van der Waals surface area contributed by atoms with Crippen molar-refractivity contribution in [3.63, 3.8) is 0 Å². The SMILES string of the molecule is CCC[C@H]1O[C@H]1c1ccc([N+](=O)[O-])cc1. The molecule has 0 aromatic heterocycles. The van der Waals surface area contributed by atoms with Gasteiger partial charge in [-0.05, 0) is 24.1 Å². The summed E-state index contributed by atoms with van der Waals surface area (Å²) in [5.41, 5.74) is 1.17. The first-order chi connectivity index (χ1) is 7.22. The van der Waals surface area contributed by atoms with Gasteiger partial charge in [0, 0.05) is 12.1 Å². The van der Waals surface area contributed by atoms with Crippen molar-refractivity contribution in [1.29, 1.82) is 0 Å². The van der Waals surface area contributed by atoms with Gasteiger partial charge in [-0.15, -0.1) is 0 Å². The second-order valence-corrected chi connectivity index (χ2v) is 3.73. The van der Waals surface area contributed by atoms with Crippen LogP contribution in [0.3, 0.4) is 0 Å². The third-order valence-electron chi connectivity index (χ3n) is 2.59. The van der Waals surface area contributed by atoms with Crippen LogP contribution >= 0.6 is 0 Å². The van der Waals surface area contributed by atoms with Gasteiger partial charge in [0.15, 0.2) is 0 Å². The molecule has 4 nitrogen and oxygen atoms in total. The number of non-ortho nitro benzene ring substituents is 1. The molecule has 0 radical (unpaired) electrons. The van der Waals surface area contributed by atoms with Crippen LogP contribution in [0.15, 0.2) is 24.3 Å². The minimum Gasteiger partial charge on any atom is -0.365 e. The summed E-state index contributed by atoms with van der Waals surface area (Å²) >= 11 is 0. The second kappa shape index (κ2) is 3.98. The summed E-state index contributed by atoms with van der Waals surface area (Å²) in [6.07, 6.45) is 2.64. The van der Waals surface area contributed by atoms with E-state index in [0.717, 1.165) is 18.4 Å². The Balaban J connectivity index is 2.03. The second-order valence-electron chi connectivity index (χ2n) is 3.73. The van der Waals surface area contributed by atoms with Crippen LogP contribution in [-0.4, -0.2) is 11.0 Å². The molecule has 0 spiro atoms. The lowest BCUT2D eigenvalue weighted by molar-refractivity contribution is -0.384. The van der Waals surface area contributed by atoms with Crippen molar-refractivity contribution in [2.75, 3.05) is 0 Å². The van der Waals surface area contributed by atoms with Crippen molar-refractivity contribution in [2.45, 2.75) is 32.0 Å². The van der Waals surface area contributed by atoms with E-state index < -0.39 is 0 Å².